The van der Waals surface area contributed by atoms with Crippen LogP contribution in [-0.4, -0.2) is 32.0 Å². The van der Waals surface area contributed by atoms with E-state index in [1.54, 1.807) is 20.8 Å². The summed E-state index contributed by atoms with van der Waals surface area (Å²) in [6.45, 7) is 9.06. The van der Waals surface area contributed by atoms with E-state index < -0.39 is 14.6 Å². The Hall–Kier alpha value is -0.0900. The first kappa shape index (κ1) is 13.0. The summed E-state index contributed by atoms with van der Waals surface area (Å²) >= 11 is 0. The van der Waals surface area contributed by atoms with Crippen LogP contribution in [0.15, 0.2) is 0 Å². The van der Waals surface area contributed by atoms with Crippen LogP contribution >= 0.6 is 0 Å². The van der Waals surface area contributed by atoms with Gasteiger partial charge in [0.15, 0.2) is 9.84 Å². The molecular weight excluding hydrogens is 210 g/mol. The predicted molar refractivity (Wildman–Crippen MR) is 63.7 cm³/mol. The molecule has 2 atom stereocenters. The van der Waals surface area contributed by atoms with Gasteiger partial charge in [-0.1, -0.05) is 6.92 Å². The molecule has 0 aliphatic heterocycles. The van der Waals surface area contributed by atoms with Gasteiger partial charge in [0.25, 0.3) is 0 Å². The second kappa shape index (κ2) is 4.42. The highest BCUT2D eigenvalue weighted by Crippen LogP contribution is 2.36. The van der Waals surface area contributed by atoms with Gasteiger partial charge in [-0.15, -0.1) is 0 Å². The average molecular weight is 233 g/mol. The molecule has 1 fully saturated rings. The quantitative estimate of drug-likeness (QED) is 0.731. The van der Waals surface area contributed by atoms with Gasteiger partial charge in [-0.25, -0.2) is 8.42 Å². The van der Waals surface area contributed by atoms with Crippen LogP contribution in [0.3, 0.4) is 0 Å². The highest BCUT2D eigenvalue weighted by atomic mass is 32.2. The van der Waals surface area contributed by atoms with Gasteiger partial charge in [-0.05, 0) is 45.6 Å². The molecule has 4 heteroatoms. The van der Waals surface area contributed by atoms with Crippen molar-refractivity contribution in [2.45, 2.75) is 38.9 Å². The molecule has 0 bridgehead atoms. The molecule has 0 saturated heterocycles. The Morgan fingerprint density at radius 2 is 1.87 bits per heavy atom. The Morgan fingerprint density at radius 3 is 2.27 bits per heavy atom. The van der Waals surface area contributed by atoms with Crippen molar-refractivity contribution >= 4 is 9.84 Å². The van der Waals surface area contributed by atoms with Crippen LogP contribution in [0.4, 0.5) is 0 Å². The molecule has 1 aliphatic rings. The van der Waals surface area contributed by atoms with E-state index in [0.717, 1.165) is 18.4 Å². The van der Waals surface area contributed by atoms with E-state index in [1.807, 2.05) is 0 Å². The van der Waals surface area contributed by atoms with Crippen molar-refractivity contribution < 1.29 is 8.42 Å². The van der Waals surface area contributed by atoms with E-state index in [2.05, 4.69) is 12.2 Å². The summed E-state index contributed by atoms with van der Waals surface area (Å²) in [5.74, 6) is 1.86. The number of hydrogen-bond acceptors (Lipinski definition) is 3. The minimum atomic E-state index is -2.95. The molecule has 1 aliphatic carbocycles. The van der Waals surface area contributed by atoms with Crippen LogP contribution < -0.4 is 5.32 Å². The summed E-state index contributed by atoms with van der Waals surface area (Å²) in [7, 11) is -2.95. The average Bonchev–Trinajstić information content (AvgIpc) is 2.74. The number of sulfone groups is 1. The Bertz CT molecular complexity index is 303. The molecule has 0 amide bonds. The molecule has 0 aromatic heterocycles. The van der Waals surface area contributed by atoms with Gasteiger partial charge < -0.3 is 5.32 Å². The van der Waals surface area contributed by atoms with E-state index in [9.17, 15) is 8.42 Å². The summed E-state index contributed by atoms with van der Waals surface area (Å²) in [6, 6.07) is 0. The number of nitrogens with one attached hydrogen (secondary N) is 1. The summed E-state index contributed by atoms with van der Waals surface area (Å²) in [6.07, 6.45) is 1.29. The SMILES string of the molecule is CC1CC1CNCCS(=O)(=O)C(C)(C)C. The lowest BCUT2D eigenvalue weighted by Gasteiger charge is -2.19. The predicted octanol–water partition coefficient (Wildman–Crippen LogP) is 1.45. The van der Waals surface area contributed by atoms with Crippen LogP contribution in [0.25, 0.3) is 0 Å². The Labute approximate surface area is 93.6 Å². The fraction of sp³-hybridized carbons (Fsp3) is 1.00. The fourth-order valence-corrected chi connectivity index (χ4v) is 2.51. The third-order valence-electron chi connectivity index (χ3n) is 3.16. The second-order valence-corrected chi connectivity index (χ2v) is 8.47. The van der Waals surface area contributed by atoms with E-state index >= 15 is 0 Å². The molecule has 1 rings (SSSR count). The zero-order chi connectivity index (χ0) is 11.7. The van der Waals surface area contributed by atoms with Crippen molar-refractivity contribution in [3.8, 4) is 0 Å². The van der Waals surface area contributed by atoms with Gasteiger partial charge >= 0.3 is 0 Å². The monoisotopic (exact) mass is 233 g/mol. The van der Waals surface area contributed by atoms with Gasteiger partial charge in [0.1, 0.15) is 0 Å². The van der Waals surface area contributed by atoms with Crippen molar-refractivity contribution in [1.82, 2.24) is 5.32 Å². The van der Waals surface area contributed by atoms with Crippen molar-refractivity contribution in [3.05, 3.63) is 0 Å². The topological polar surface area (TPSA) is 46.2 Å². The van der Waals surface area contributed by atoms with Crippen molar-refractivity contribution in [2.75, 3.05) is 18.8 Å². The zero-order valence-corrected chi connectivity index (χ0v) is 11.0. The molecular formula is C11H23NO2S. The van der Waals surface area contributed by atoms with Crippen molar-refractivity contribution in [3.63, 3.8) is 0 Å². The van der Waals surface area contributed by atoms with Gasteiger partial charge in [0.2, 0.25) is 0 Å². The largest absolute Gasteiger partial charge is 0.315 e. The molecule has 1 saturated carbocycles. The number of rotatable bonds is 5. The first-order chi connectivity index (χ1) is 6.74. The summed E-state index contributed by atoms with van der Waals surface area (Å²) in [4.78, 5) is 0. The van der Waals surface area contributed by atoms with Crippen LogP contribution in [0.2, 0.25) is 0 Å². The standard InChI is InChI=1S/C11H23NO2S/c1-9-7-10(9)8-12-5-6-15(13,14)11(2,3)4/h9-10,12H,5-8H2,1-4H3. The summed E-state index contributed by atoms with van der Waals surface area (Å²) in [5.41, 5.74) is 0. The fourth-order valence-electron chi connectivity index (χ4n) is 1.48. The van der Waals surface area contributed by atoms with Crippen LogP contribution in [0, 0.1) is 11.8 Å². The lowest BCUT2D eigenvalue weighted by atomic mass is 10.3. The maximum Gasteiger partial charge on any atom is 0.156 e. The first-order valence-corrected chi connectivity index (χ1v) is 7.32. The van der Waals surface area contributed by atoms with Crippen molar-refractivity contribution in [2.24, 2.45) is 11.8 Å². The van der Waals surface area contributed by atoms with Gasteiger partial charge in [-0.2, -0.15) is 0 Å². The van der Waals surface area contributed by atoms with Gasteiger partial charge in [0, 0.05) is 6.54 Å². The zero-order valence-electron chi connectivity index (χ0n) is 10.2. The molecule has 0 aromatic carbocycles. The molecule has 0 spiro atoms. The molecule has 0 aromatic rings. The minimum absolute atomic E-state index is 0.248. The Kier molecular flexibility index (Phi) is 3.82. The maximum atomic E-state index is 11.7. The Morgan fingerprint density at radius 1 is 1.33 bits per heavy atom. The third kappa shape index (κ3) is 3.76. The lowest BCUT2D eigenvalue weighted by Crippen LogP contribution is -2.35. The van der Waals surface area contributed by atoms with Gasteiger partial charge in [-0.3, -0.25) is 0 Å². The number of hydrogen-bond donors (Lipinski definition) is 1. The molecule has 0 radical (unpaired) electrons. The Balaban J connectivity index is 2.19. The molecule has 90 valence electrons. The van der Waals surface area contributed by atoms with Crippen LogP contribution in [0.5, 0.6) is 0 Å². The lowest BCUT2D eigenvalue weighted by molar-refractivity contribution is 0.553. The highest BCUT2D eigenvalue weighted by Gasteiger charge is 2.32. The smallest absolute Gasteiger partial charge is 0.156 e. The second-order valence-electron chi connectivity index (χ2n) is 5.61. The molecule has 0 heterocycles. The highest BCUT2D eigenvalue weighted by molar-refractivity contribution is 7.92. The van der Waals surface area contributed by atoms with Crippen molar-refractivity contribution in [1.29, 1.82) is 0 Å². The minimum Gasteiger partial charge on any atom is -0.315 e. The van der Waals surface area contributed by atoms with E-state index in [1.165, 1.54) is 6.42 Å². The summed E-state index contributed by atoms with van der Waals surface area (Å²) in [5, 5.41) is 3.23. The van der Waals surface area contributed by atoms with Crippen LogP contribution in [-0.2, 0) is 9.84 Å². The molecule has 1 N–H and O–H groups in total. The molecule has 3 nitrogen and oxygen atoms in total. The molecule has 15 heavy (non-hydrogen) atoms. The first-order valence-electron chi connectivity index (χ1n) is 5.67. The summed E-state index contributed by atoms with van der Waals surface area (Å²) < 4.78 is 22.8. The van der Waals surface area contributed by atoms with E-state index in [0.29, 0.717) is 6.54 Å². The van der Waals surface area contributed by atoms with E-state index in [4.69, 9.17) is 0 Å². The molecule has 2 unspecified atom stereocenters. The normalized spacial score (nSPS) is 26.7. The van der Waals surface area contributed by atoms with E-state index in [-0.39, 0.29) is 5.75 Å². The maximum absolute atomic E-state index is 11.7. The van der Waals surface area contributed by atoms with Crippen LogP contribution in [0.1, 0.15) is 34.1 Å². The third-order valence-corrected chi connectivity index (χ3v) is 5.77. The van der Waals surface area contributed by atoms with Gasteiger partial charge in [0.05, 0.1) is 10.5 Å².